The molecule has 2 amide bonds. The number of rotatable bonds is 4. The average Bonchev–Trinajstić information content (AvgIpc) is 2.25. The van der Waals surface area contributed by atoms with Gasteiger partial charge in [-0.25, -0.2) is 0 Å². The molecule has 5 heteroatoms. The summed E-state index contributed by atoms with van der Waals surface area (Å²) in [5.41, 5.74) is 7.54. The molecule has 0 saturated carbocycles. The monoisotopic (exact) mass is 249 g/mol. The first-order valence-corrected chi connectivity index (χ1v) is 5.84. The van der Waals surface area contributed by atoms with E-state index in [4.69, 9.17) is 5.73 Å². The first-order chi connectivity index (χ1) is 8.40. The predicted octanol–water partition coefficient (Wildman–Crippen LogP) is 0.832. The Morgan fingerprint density at radius 2 is 2.00 bits per heavy atom. The van der Waals surface area contributed by atoms with Crippen molar-refractivity contribution in [1.82, 2.24) is 10.6 Å². The first-order valence-electron chi connectivity index (χ1n) is 5.84. The molecule has 0 radical (unpaired) electrons. The van der Waals surface area contributed by atoms with Gasteiger partial charge < -0.3 is 16.4 Å². The minimum atomic E-state index is -0.341. The number of aryl methyl sites for hydroxylation is 1. The maximum absolute atomic E-state index is 11.8. The van der Waals surface area contributed by atoms with Crippen LogP contribution in [0.4, 0.5) is 5.69 Å². The van der Waals surface area contributed by atoms with E-state index >= 15 is 0 Å². The van der Waals surface area contributed by atoms with Gasteiger partial charge in [0.2, 0.25) is 5.91 Å². The van der Waals surface area contributed by atoms with Crippen molar-refractivity contribution in [2.24, 2.45) is 0 Å². The number of nitrogen functional groups attached to an aromatic ring is 1. The van der Waals surface area contributed by atoms with Crippen molar-refractivity contribution in [3.8, 4) is 0 Å². The summed E-state index contributed by atoms with van der Waals surface area (Å²) in [4.78, 5) is 23.2. The van der Waals surface area contributed by atoms with E-state index in [1.54, 1.807) is 18.2 Å². The average molecular weight is 249 g/mol. The van der Waals surface area contributed by atoms with Crippen molar-refractivity contribution in [3.05, 3.63) is 29.3 Å². The fourth-order valence-electron chi connectivity index (χ4n) is 1.52. The SMILES string of the molecule is Cc1ccc(C(=O)NCC(=O)NC(C)C)c(N)c1. The molecule has 1 rings (SSSR count). The zero-order chi connectivity index (χ0) is 13.7. The molecule has 0 fully saturated rings. The summed E-state index contributed by atoms with van der Waals surface area (Å²) in [6.45, 7) is 5.56. The lowest BCUT2D eigenvalue weighted by molar-refractivity contribution is -0.120. The van der Waals surface area contributed by atoms with E-state index in [-0.39, 0.29) is 24.4 Å². The van der Waals surface area contributed by atoms with Gasteiger partial charge in [-0.2, -0.15) is 0 Å². The van der Waals surface area contributed by atoms with Gasteiger partial charge in [0.1, 0.15) is 0 Å². The van der Waals surface area contributed by atoms with Gasteiger partial charge in [0, 0.05) is 11.7 Å². The van der Waals surface area contributed by atoms with E-state index in [1.807, 2.05) is 20.8 Å². The number of anilines is 1. The van der Waals surface area contributed by atoms with Crippen LogP contribution in [0.15, 0.2) is 18.2 Å². The summed E-state index contributed by atoms with van der Waals surface area (Å²) < 4.78 is 0. The van der Waals surface area contributed by atoms with Crippen molar-refractivity contribution in [3.63, 3.8) is 0 Å². The highest BCUT2D eigenvalue weighted by atomic mass is 16.2. The lowest BCUT2D eigenvalue weighted by Gasteiger charge is -2.10. The number of benzene rings is 1. The van der Waals surface area contributed by atoms with Crippen LogP contribution in [0.2, 0.25) is 0 Å². The fraction of sp³-hybridized carbons (Fsp3) is 0.385. The quantitative estimate of drug-likeness (QED) is 0.691. The molecule has 0 aromatic heterocycles. The number of nitrogens with one attached hydrogen (secondary N) is 2. The third-order valence-electron chi connectivity index (χ3n) is 2.31. The van der Waals surface area contributed by atoms with Crippen LogP contribution in [0, 0.1) is 6.92 Å². The summed E-state index contributed by atoms with van der Waals surface area (Å²) in [7, 11) is 0. The van der Waals surface area contributed by atoms with Crippen LogP contribution in [-0.4, -0.2) is 24.4 Å². The minimum absolute atomic E-state index is 0.0513. The van der Waals surface area contributed by atoms with E-state index < -0.39 is 0 Å². The number of hydrogen-bond donors (Lipinski definition) is 3. The fourth-order valence-corrected chi connectivity index (χ4v) is 1.52. The molecule has 18 heavy (non-hydrogen) atoms. The smallest absolute Gasteiger partial charge is 0.253 e. The van der Waals surface area contributed by atoms with Crippen LogP contribution in [-0.2, 0) is 4.79 Å². The Hall–Kier alpha value is -2.04. The summed E-state index contributed by atoms with van der Waals surface area (Å²) in [6.07, 6.45) is 0. The van der Waals surface area contributed by atoms with Crippen molar-refractivity contribution in [1.29, 1.82) is 0 Å². The van der Waals surface area contributed by atoms with Crippen molar-refractivity contribution in [2.75, 3.05) is 12.3 Å². The molecule has 0 aliphatic heterocycles. The molecule has 98 valence electrons. The number of amides is 2. The highest BCUT2D eigenvalue weighted by Crippen LogP contribution is 2.13. The third kappa shape index (κ3) is 4.08. The van der Waals surface area contributed by atoms with Gasteiger partial charge in [0.25, 0.3) is 5.91 Å². The summed E-state index contributed by atoms with van der Waals surface area (Å²) in [5.74, 6) is -0.560. The second-order valence-electron chi connectivity index (χ2n) is 4.50. The number of carbonyl (C=O) groups excluding carboxylic acids is 2. The minimum Gasteiger partial charge on any atom is -0.398 e. The Labute approximate surface area is 107 Å². The molecule has 0 saturated heterocycles. The zero-order valence-electron chi connectivity index (χ0n) is 10.9. The first kappa shape index (κ1) is 14.0. The normalized spacial score (nSPS) is 10.2. The van der Waals surface area contributed by atoms with Crippen LogP contribution in [0.3, 0.4) is 0 Å². The third-order valence-corrected chi connectivity index (χ3v) is 2.31. The highest BCUT2D eigenvalue weighted by molar-refractivity contribution is 6.00. The molecule has 0 aliphatic carbocycles. The maximum Gasteiger partial charge on any atom is 0.253 e. The van der Waals surface area contributed by atoms with Gasteiger partial charge >= 0.3 is 0 Å². The van der Waals surface area contributed by atoms with E-state index in [9.17, 15) is 9.59 Å². The van der Waals surface area contributed by atoms with E-state index in [2.05, 4.69) is 10.6 Å². The topological polar surface area (TPSA) is 84.2 Å². The molecule has 0 spiro atoms. The maximum atomic E-state index is 11.8. The number of nitrogens with two attached hydrogens (primary N) is 1. The Bertz CT molecular complexity index is 456. The Morgan fingerprint density at radius 1 is 1.33 bits per heavy atom. The molecule has 5 nitrogen and oxygen atoms in total. The lowest BCUT2D eigenvalue weighted by atomic mass is 10.1. The van der Waals surface area contributed by atoms with Crippen LogP contribution >= 0.6 is 0 Å². The second kappa shape index (κ2) is 6.05. The van der Waals surface area contributed by atoms with Crippen molar-refractivity contribution in [2.45, 2.75) is 26.8 Å². The predicted molar refractivity (Wildman–Crippen MR) is 71.2 cm³/mol. The molecule has 0 unspecified atom stereocenters. The molecule has 1 aromatic carbocycles. The standard InChI is InChI=1S/C13H19N3O2/c1-8(2)16-12(17)7-15-13(18)10-5-4-9(3)6-11(10)14/h4-6,8H,7,14H2,1-3H3,(H,15,18)(H,16,17). The van der Waals surface area contributed by atoms with E-state index in [0.717, 1.165) is 5.56 Å². The largest absolute Gasteiger partial charge is 0.398 e. The summed E-state index contributed by atoms with van der Waals surface area (Å²) in [6, 6.07) is 5.24. The molecule has 0 aliphatic rings. The van der Waals surface area contributed by atoms with Crippen LogP contribution in [0.5, 0.6) is 0 Å². The lowest BCUT2D eigenvalue weighted by Crippen LogP contribution is -2.39. The molecular weight excluding hydrogens is 230 g/mol. The Morgan fingerprint density at radius 3 is 2.56 bits per heavy atom. The van der Waals surface area contributed by atoms with Gasteiger partial charge in [-0.15, -0.1) is 0 Å². The molecule has 0 bridgehead atoms. The van der Waals surface area contributed by atoms with Crippen LogP contribution in [0.1, 0.15) is 29.8 Å². The Balaban J connectivity index is 2.58. The van der Waals surface area contributed by atoms with Crippen LogP contribution < -0.4 is 16.4 Å². The van der Waals surface area contributed by atoms with Gasteiger partial charge in [-0.3, -0.25) is 9.59 Å². The van der Waals surface area contributed by atoms with E-state index in [0.29, 0.717) is 11.3 Å². The highest BCUT2D eigenvalue weighted by Gasteiger charge is 2.11. The zero-order valence-corrected chi connectivity index (χ0v) is 10.9. The van der Waals surface area contributed by atoms with Gasteiger partial charge in [0.15, 0.2) is 0 Å². The molecule has 0 heterocycles. The molecule has 0 atom stereocenters. The van der Waals surface area contributed by atoms with Crippen LogP contribution in [0.25, 0.3) is 0 Å². The number of carbonyl (C=O) groups is 2. The van der Waals surface area contributed by atoms with Crippen molar-refractivity contribution >= 4 is 17.5 Å². The van der Waals surface area contributed by atoms with E-state index in [1.165, 1.54) is 0 Å². The number of hydrogen-bond acceptors (Lipinski definition) is 3. The molecule has 4 N–H and O–H groups in total. The molecular formula is C13H19N3O2. The van der Waals surface area contributed by atoms with Crippen molar-refractivity contribution < 1.29 is 9.59 Å². The summed E-state index contributed by atoms with van der Waals surface area (Å²) in [5, 5.41) is 5.22. The van der Waals surface area contributed by atoms with Gasteiger partial charge in [-0.1, -0.05) is 6.07 Å². The summed E-state index contributed by atoms with van der Waals surface area (Å²) >= 11 is 0. The molecule has 1 aromatic rings. The van der Waals surface area contributed by atoms with Gasteiger partial charge in [0.05, 0.1) is 12.1 Å². The van der Waals surface area contributed by atoms with Gasteiger partial charge in [-0.05, 0) is 38.5 Å². The second-order valence-corrected chi connectivity index (χ2v) is 4.50. The Kier molecular flexibility index (Phi) is 4.71.